The van der Waals surface area contributed by atoms with E-state index in [4.69, 9.17) is 4.74 Å². The second-order valence-electron chi connectivity index (χ2n) is 10.6. The molecule has 3 aromatic rings. The Morgan fingerprint density at radius 3 is 2.26 bits per heavy atom. The lowest BCUT2D eigenvalue weighted by molar-refractivity contribution is 0.307. The normalized spacial score (nSPS) is 14.0. The van der Waals surface area contributed by atoms with Crippen LogP contribution in [0.2, 0.25) is 0 Å². The summed E-state index contributed by atoms with van der Waals surface area (Å²) in [6.07, 6.45) is 7.06. The first kappa shape index (κ1) is 27.0. The van der Waals surface area contributed by atoms with Crippen molar-refractivity contribution in [1.29, 1.82) is 0 Å². The Morgan fingerprint density at radius 1 is 0.829 bits per heavy atom. The van der Waals surface area contributed by atoms with Crippen LogP contribution >= 0.6 is 12.4 Å². The van der Waals surface area contributed by atoms with E-state index < -0.39 is 0 Å². The van der Waals surface area contributed by atoms with E-state index in [1.807, 2.05) is 0 Å². The lowest BCUT2D eigenvalue weighted by Crippen LogP contribution is -2.20. The van der Waals surface area contributed by atoms with Gasteiger partial charge in [-0.25, -0.2) is 0 Å². The van der Waals surface area contributed by atoms with Gasteiger partial charge in [-0.05, 0) is 78.6 Å². The zero-order chi connectivity index (χ0) is 24.0. The van der Waals surface area contributed by atoms with Gasteiger partial charge in [0.1, 0.15) is 12.4 Å². The van der Waals surface area contributed by atoms with Crippen molar-refractivity contribution in [3.8, 4) is 5.75 Å². The molecular weight excluding hydrogens is 450 g/mol. The van der Waals surface area contributed by atoms with Gasteiger partial charge in [-0.2, -0.15) is 0 Å². The lowest BCUT2D eigenvalue weighted by atomic mass is 9.86. The molecule has 0 spiro atoms. The first-order chi connectivity index (χ1) is 16.4. The Bertz CT molecular complexity index is 1060. The summed E-state index contributed by atoms with van der Waals surface area (Å²) in [4.78, 5) is 2.46. The van der Waals surface area contributed by atoms with Crippen molar-refractivity contribution in [2.75, 3.05) is 20.1 Å². The number of hydrogen-bond acceptors (Lipinski definition) is 2. The number of halogens is 1. The maximum Gasteiger partial charge on any atom is 0.127 e. The maximum absolute atomic E-state index is 6.11. The van der Waals surface area contributed by atoms with E-state index >= 15 is 0 Å². The van der Waals surface area contributed by atoms with Crippen LogP contribution in [0.15, 0.2) is 78.9 Å². The van der Waals surface area contributed by atoms with E-state index in [0.29, 0.717) is 6.61 Å². The summed E-state index contributed by atoms with van der Waals surface area (Å²) in [6, 6.07) is 26.3. The molecule has 2 nitrogen and oxygen atoms in total. The van der Waals surface area contributed by atoms with Crippen molar-refractivity contribution in [3.05, 3.63) is 107 Å². The van der Waals surface area contributed by atoms with Gasteiger partial charge in [-0.1, -0.05) is 93.6 Å². The second kappa shape index (κ2) is 12.4. The molecule has 4 rings (SSSR count). The largest absolute Gasteiger partial charge is 0.488 e. The summed E-state index contributed by atoms with van der Waals surface area (Å²) in [5.74, 6) is 0.980. The number of hydrogen-bond donors (Lipinski definition) is 0. The smallest absolute Gasteiger partial charge is 0.127 e. The number of ether oxygens (including phenoxy) is 1. The molecule has 0 saturated carbocycles. The summed E-state index contributed by atoms with van der Waals surface area (Å²) in [6.45, 7) is 9.65. The Labute approximate surface area is 218 Å². The first-order valence-corrected chi connectivity index (χ1v) is 12.7. The minimum Gasteiger partial charge on any atom is -0.488 e. The summed E-state index contributed by atoms with van der Waals surface area (Å²) < 4.78 is 6.11. The van der Waals surface area contributed by atoms with Gasteiger partial charge in [-0.3, -0.25) is 0 Å². The summed E-state index contributed by atoms with van der Waals surface area (Å²) in [5.41, 5.74) is 8.15. The topological polar surface area (TPSA) is 12.5 Å². The highest BCUT2D eigenvalue weighted by Crippen LogP contribution is 2.36. The molecule has 0 saturated heterocycles. The Hall–Kier alpha value is -2.55. The predicted molar refractivity (Wildman–Crippen MR) is 152 cm³/mol. The van der Waals surface area contributed by atoms with E-state index in [-0.39, 0.29) is 17.8 Å². The molecule has 1 heterocycles. The van der Waals surface area contributed by atoms with Crippen LogP contribution < -0.4 is 4.74 Å². The molecule has 3 heteroatoms. The van der Waals surface area contributed by atoms with Gasteiger partial charge in [0.25, 0.3) is 0 Å². The minimum absolute atomic E-state index is 0. The molecule has 186 valence electrons. The summed E-state index contributed by atoms with van der Waals surface area (Å²) in [7, 11) is 2.24. The number of para-hydroxylation sites is 1. The van der Waals surface area contributed by atoms with Crippen LogP contribution in [0.4, 0.5) is 0 Å². The predicted octanol–water partition coefficient (Wildman–Crippen LogP) is 8.07. The molecule has 0 aromatic heterocycles. The minimum atomic E-state index is 0. The van der Waals surface area contributed by atoms with E-state index in [9.17, 15) is 0 Å². The molecule has 0 fully saturated rings. The first-order valence-electron chi connectivity index (χ1n) is 12.7. The molecule has 0 atom stereocenters. The number of rotatable bonds is 8. The third-order valence-corrected chi connectivity index (χ3v) is 6.80. The third kappa shape index (κ3) is 7.22. The van der Waals surface area contributed by atoms with Crippen LogP contribution in [0.25, 0.3) is 5.57 Å². The molecule has 35 heavy (non-hydrogen) atoms. The Morgan fingerprint density at radius 2 is 1.51 bits per heavy atom. The Balaban J connectivity index is 0.00000342. The molecular formula is C32H40ClNO. The highest BCUT2D eigenvalue weighted by atomic mass is 35.5. The van der Waals surface area contributed by atoms with E-state index in [1.165, 1.54) is 46.2 Å². The van der Waals surface area contributed by atoms with E-state index in [2.05, 4.69) is 112 Å². The molecule has 0 amide bonds. The fraction of sp³-hybridized carbons (Fsp3) is 0.375. The van der Waals surface area contributed by atoms with Gasteiger partial charge in [0, 0.05) is 12.1 Å². The molecule has 0 bridgehead atoms. The summed E-state index contributed by atoms with van der Waals surface area (Å²) >= 11 is 0. The van der Waals surface area contributed by atoms with Gasteiger partial charge in [0.2, 0.25) is 0 Å². The molecule has 0 unspecified atom stereocenters. The molecule has 3 aromatic carbocycles. The van der Waals surface area contributed by atoms with Crippen LogP contribution in [-0.2, 0) is 18.4 Å². The highest BCUT2D eigenvalue weighted by molar-refractivity contribution is 5.85. The SMILES string of the molecule is CN(CC/C=C1/c2ccccc2COc2ccccc21)CCCCc1ccc(C(C)(C)C)cc1.Cl. The monoisotopic (exact) mass is 489 g/mol. The van der Waals surface area contributed by atoms with Gasteiger partial charge >= 0.3 is 0 Å². The quantitative estimate of drug-likeness (QED) is 0.296. The number of unbranched alkanes of at least 4 members (excludes halogenated alkanes) is 1. The zero-order valence-corrected chi connectivity index (χ0v) is 22.5. The zero-order valence-electron chi connectivity index (χ0n) is 21.7. The van der Waals surface area contributed by atoms with Crippen molar-refractivity contribution < 1.29 is 4.74 Å². The number of aryl methyl sites for hydroxylation is 1. The molecule has 1 aliphatic rings. The average Bonchev–Trinajstić information content (AvgIpc) is 2.99. The van der Waals surface area contributed by atoms with Crippen molar-refractivity contribution in [2.24, 2.45) is 0 Å². The van der Waals surface area contributed by atoms with Gasteiger partial charge in [0.05, 0.1) is 0 Å². The van der Waals surface area contributed by atoms with Crippen LogP contribution in [0.3, 0.4) is 0 Å². The fourth-order valence-electron chi connectivity index (χ4n) is 4.67. The van der Waals surface area contributed by atoms with Crippen LogP contribution in [0.1, 0.15) is 67.9 Å². The average molecular weight is 490 g/mol. The van der Waals surface area contributed by atoms with Crippen molar-refractivity contribution in [1.82, 2.24) is 4.90 Å². The number of fused-ring (bicyclic) bond motifs is 2. The number of benzene rings is 3. The molecule has 1 aliphatic heterocycles. The highest BCUT2D eigenvalue weighted by Gasteiger charge is 2.18. The standard InChI is InChI=1S/C32H39NO.ClH/c1-32(2,3)27-20-18-25(19-21-27)12-9-10-22-33(4)23-11-16-29-28-14-6-5-13-26(28)24-34-31-17-8-7-15-30(29)31;/h5-8,13-21H,9-12,22-24H2,1-4H3;1H/b29-16-;. The second-order valence-corrected chi connectivity index (χ2v) is 10.6. The van der Waals surface area contributed by atoms with E-state index in [0.717, 1.165) is 31.7 Å². The molecule has 0 N–H and O–H groups in total. The number of nitrogens with zero attached hydrogens (tertiary/aromatic N) is 1. The molecule has 0 aliphatic carbocycles. The Kier molecular flexibility index (Phi) is 9.60. The lowest BCUT2D eigenvalue weighted by Gasteiger charge is -2.19. The maximum atomic E-state index is 6.11. The summed E-state index contributed by atoms with van der Waals surface area (Å²) in [5, 5.41) is 0. The van der Waals surface area contributed by atoms with E-state index in [1.54, 1.807) is 0 Å². The fourth-order valence-corrected chi connectivity index (χ4v) is 4.67. The van der Waals surface area contributed by atoms with Gasteiger partial charge in [-0.15, -0.1) is 12.4 Å². The van der Waals surface area contributed by atoms with Gasteiger partial charge in [0.15, 0.2) is 0 Å². The van der Waals surface area contributed by atoms with Crippen molar-refractivity contribution >= 4 is 18.0 Å². The van der Waals surface area contributed by atoms with Crippen LogP contribution in [-0.4, -0.2) is 25.0 Å². The van der Waals surface area contributed by atoms with Crippen molar-refractivity contribution in [3.63, 3.8) is 0 Å². The van der Waals surface area contributed by atoms with Gasteiger partial charge < -0.3 is 9.64 Å². The van der Waals surface area contributed by atoms with Crippen molar-refractivity contribution in [2.45, 2.75) is 58.5 Å². The van der Waals surface area contributed by atoms with Crippen LogP contribution in [0.5, 0.6) is 5.75 Å². The third-order valence-electron chi connectivity index (χ3n) is 6.80. The van der Waals surface area contributed by atoms with Crippen LogP contribution in [0, 0.1) is 0 Å². The molecule has 0 radical (unpaired) electrons.